The Bertz CT molecular complexity index is 1980. The number of ether oxygens (including phenoxy) is 1. The summed E-state index contributed by atoms with van der Waals surface area (Å²) in [5.74, 6) is -3.95. The number of hydrogen-bond donors (Lipinski definition) is 3. The minimum absolute atomic E-state index is 0.00958. The van der Waals surface area contributed by atoms with E-state index in [0.717, 1.165) is 25.7 Å². The van der Waals surface area contributed by atoms with Gasteiger partial charge in [0.1, 0.15) is 29.5 Å². The monoisotopic (exact) mass is 782 g/mol. The zero-order chi connectivity index (χ0) is 39.1. The first kappa shape index (κ1) is 38.5. The van der Waals surface area contributed by atoms with E-state index in [1.54, 1.807) is 19.1 Å². The lowest BCUT2D eigenvalue weighted by molar-refractivity contribution is -0.143. The van der Waals surface area contributed by atoms with Crippen LogP contribution in [0.15, 0.2) is 41.4 Å². The Kier molecular flexibility index (Phi) is 10.8. The van der Waals surface area contributed by atoms with E-state index in [9.17, 15) is 36.8 Å². The lowest BCUT2D eigenvalue weighted by Crippen LogP contribution is -2.59. The molecule has 1 aromatic heterocycles. The molecule has 296 valence electrons. The fraction of sp³-hybridized carbons (Fsp3) is 0.579. The number of amides is 5. The minimum Gasteiger partial charge on any atom is -0.444 e. The van der Waals surface area contributed by atoms with Crippen molar-refractivity contribution in [1.29, 1.82) is 0 Å². The lowest BCUT2D eigenvalue weighted by Gasteiger charge is -2.35. The molecule has 0 spiro atoms. The van der Waals surface area contributed by atoms with Gasteiger partial charge in [0.15, 0.2) is 0 Å². The highest BCUT2D eigenvalue weighted by atomic mass is 32.2. The lowest BCUT2D eigenvalue weighted by atomic mass is 9.98. The third kappa shape index (κ3) is 7.98. The highest BCUT2D eigenvalue weighted by Crippen LogP contribution is 2.46. The molecule has 3 unspecified atom stereocenters. The first-order chi connectivity index (χ1) is 26.3. The van der Waals surface area contributed by atoms with E-state index in [0.29, 0.717) is 48.9 Å². The van der Waals surface area contributed by atoms with Gasteiger partial charge < -0.3 is 24.8 Å². The molecule has 15 nitrogen and oxygen atoms in total. The number of aryl methyl sites for hydroxylation is 1. The van der Waals surface area contributed by atoms with Gasteiger partial charge in [-0.3, -0.25) is 28.8 Å². The van der Waals surface area contributed by atoms with Crippen LogP contribution in [-0.4, -0.2) is 88.1 Å². The molecule has 6 atom stereocenters. The van der Waals surface area contributed by atoms with Gasteiger partial charge in [-0.05, 0) is 50.7 Å². The number of aromatic nitrogens is 1. The standard InChI is InChI=1S/C38H47FN6O9S/c1-3-24-19-38(24,36(49)43-55(51,52)25-15-16-25)41-33(46)30-18-31(53-37(50)44-20-23-11-10-12-27(39)26(23)21-44)29-14-9-7-5-4-6-8-13-28(35(48)45(29)30)40-34(47)32-17-22(2)42-54-32/h3,10-12,17,24-25,28-31H,1,4-9,13-16,18-21H2,2H3,(H,40,47)(H,41,46)(H,43,49)/t24-,28?,29?,30+,31-,38?/m1/s1. The molecule has 4 fully saturated rings. The fourth-order valence-corrected chi connectivity index (χ4v) is 9.55. The molecule has 2 saturated heterocycles. The van der Waals surface area contributed by atoms with Crippen molar-refractivity contribution >= 4 is 39.7 Å². The van der Waals surface area contributed by atoms with Crippen LogP contribution in [0.3, 0.4) is 0 Å². The predicted molar refractivity (Wildman–Crippen MR) is 194 cm³/mol. The second-order valence-corrected chi connectivity index (χ2v) is 17.4. The van der Waals surface area contributed by atoms with Crippen molar-refractivity contribution in [2.45, 2.75) is 132 Å². The SMILES string of the molecule is C=C[C@@H]1CC1(NC(=O)[C@@H]1C[C@@H](OC(=O)N2Cc3cccc(F)c3C2)C2CCCCCCCCC(NC(=O)c3cc(C)no3)C(=O)N21)C(=O)NS(=O)(=O)C1CC1. The number of sulfonamides is 1. The Labute approximate surface area is 318 Å². The van der Waals surface area contributed by atoms with Crippen molar-refractivity contribution in [3.63, 3.8) is 0 Å². The van der Waals surface area contributed by atoms with Gasteiger partial charge in [-0.2, -0.15) is 0 Å². The predicted octanol–water partition coefficient (Wildman–Crippen LogP) is 3.51. The molecule has 7 rings (SSSR count). The third-order valence-corrected chi connectivity index (χ3v) is 13.3. The van der Waals surface area contributed by atoms with Crippen molar-refractivity contribution in [2.24, 2.45) is 5.92 Å². The number of carbonyl (C=O) groups excluding carboxylic acids is 5. The molecule has 5 aliphatic rings. The summed E-state index contributed by atoms with van der Waals surface area (Å²) in [6, 6.07) is 2.92. The van der Waals surface area contributed by atoms with Crippen LogP contribution in [0.1, 0.15) is 104 Å². The molecular formula is C38H47FN6O9S. The first-order valence-electron chi connectivity index (χ1n) is 19.1. The fourth-order valence-electron chi connectivity index (χ4n) is 8.18. The average molecular weight is 783 g/mol. The largest absolute Gasteiger partial charge is 0.444 e. The van der Waals surface area contributed by atoms with Crippen molar-refractivity contribution < 1.29 is 46.0 Å². The van der Waals surface area contributed by atoms with E-state index in [-0.39, 0.29) is 38.1 Å². The first-order valence-corrected chi connectivity index (χ1v) is 20.6. The number of rotatable bonds is 9. The quantitative estimate of drug-likeness (QED) is 0.317. The average Bonchev–Trinajstić information content (AvgIpc) is 3.99. The van der Waals surface area contributed by atoms with E-state index >= 15 is 0 Å². The zero-order valence-corrected chi connectivity index (χ0v) is 31.6. The smallest absolute Gasteiger partial charge is 0.410 e. The van der Waals surface area contributed by atoms with Crippen LogP contribution in [-0.2, 0) is 42.2 Å². The van der Waals surface area contributed by atoms with Gasteiger partial charge in [-0.15, -0.1) is 6.58 Å². The van der Waals surface area contributed by atoms with Crippen molar-refractivity contribution in [3.05, 3.63) is 65.3 Å². The maximum absolute atomic E-state index is 14.8. The van der Waals surface area contributed by atoms with Gasteiger partial charge in [0.2, 0.25) is 27.6 Å². The Morgan fingerprint density at radius 3 is 2.44 bits per heavy atom. The van der Waals surface area contributed by atoms with Gasteiger partial charge >= 0.3 is 6.09 Å². The van der Waals surface area contributed by atoms with Crippen LogP contribution < -0.4 is 15.4 Å². The van der Waals surface area contributed by atoms with Crippen LogP contribution in [0.25, 0.3) is 0 Å². The van der Waals surface area contributed by atoms with Gasteiger partial charge in [-0.1, -0.05) is 61.9 Å². The topological polar surface area (TPSA) is 197 Å². The zero-order valence-electron chi connectivity index (χ0n) is 30.8. The molecule has 55 heavy (non-hydrogen) atoms. The summed E-state index contributed by atoms with van der Waals surface area (Å²) < 4.78 is 53.5. The summed E-state index contributed by atoms with van der Waals surface area (Å²) in [5.41, 5.74) is -0.109. The Balaban J connectivity index is 1.19. The third-order valence-electron chi connectivity index (χ3n) is 11.5. The number of fused-ring (bicyclic) bond motifs is 2. The molecule has 4 heterocycles. The summed E-state index contributed by atoms with van der Waals surface area (Å²) in [6.07, 6.45) is 5.94. The molecule has 2 saturated carbocycles. The van der Waals surface area contributed by atoms with E-state index < -0.39 is 86.5 Å². The molecule has 17 heteroatoms. The highest BCUT2D eigenvalue weighted by molar-refractivity contribution is 7.91. The molecule has 3 N–H and O–H groups in total. The summed E-state index contributed by atoms with van der Waals surface area (Å²) in [4.78, 5) is 72.7. The van der Waals surface area contributed by atoms with Crippen molar-refractivity contribution in [2.75, 3.05) is 0 Å². The molecular weight excluding hydrogens is 736 g/mol. The summed E-state index contributed by atoms with van der Waals surface area (Å²) in [6.45, 7) is 5.54. The summed E-state index contributed by atoms with van der Waals surface area (Å²) in [7, 11) is -3.95. The van der Waals surface area contributed by atoms with Gasteiger partial charge in [0.05, 0.1) is 23.5 Å². The number of nitrogens with zero attached hydrogens (tertiary/aromatic N) is 3. The van der Waals surface area contributed by atoms with Gasteiger partial charge in [0, 0.05) is 30.5 Å². The number of carbonyl (C=O) groups is 5. The molecule has 0 radical (unpaired) electrons. The molecule has 5 amide bonds. The van der Waals surface area contributed by atoms with E-state index in [4.69, 9.17) is 9.26 Å². The number of halogens is 1. The van der Waals surface area contributed by atoms with Crippen LogP contribution in [0.5, 0.6) is 0 Å². The van der Waals surface area contributed by atoms with Crippen molar-refractivity contribution in [1.82, 2.24) is 30.3 Å². The normalized spacial score (nSPS) is 28.2. The summed E-state index contributed by atoms with van der Waals surface area (Å²) in [5, 5.41) is 8.66. The molecule has 1 aromatic carbocycles. The molecule has 0 bridgehead atoms. The summed E-state index contributed by atoms with van der Waals surface area (Å²) >= 11 is 0. The Morgan fingerprint density at radius 2 is 1.78 bits per heavy atom. The Morgan fingerprint density at radius 1 is 1.05 bits per heavy atom. The van der Waals surface area contributed by atoms with E-state index in [1.165, 1.54) is 28.0 Å². The van der Waals surface area contributed by atoms with Crippen LogP contribution in [0.2, 0.25) is 0 Å². The molecule has 2 aliphatic carbocycles. The van der Waals surface area contributed by atoms with Crippen LogP contribution in [0.4, 0.5) is 9.18 Å². The van der Waals surface area contributed by atoms with E-state index in [1.807, 2.05) is 0 Å². The van der Waals surface area contributed by atoms with Crippen LogP contribution >= 0.6 is 0 Å². The van der Waals surface area contributed by atoms with Crippen LogP contribution in [0, 0.1) is 18.7 Å². The molecule has 3 aliphatic heterocycles. The van der Waals surface area contributed by atoms with Gasteiger partial charge in [0.25, 0.3) is 11.8 Å². The minimum atomic E-state index is -3.95. The number of hydrogen-bond acceptors (Lipinski definition) is 10. The second-order valence-electron chi connectivity index (χ2n) is 15.5. The Hall–Kier alpha value is -4.80. The maximum atomic E-state index is 14.8. The van der Waals surface area contributed by atoms with E-state index in [2.05, 4.69) is 27.1 Å². The van der Waals surface area contributed by atoms with Crippen molar-refractivity contribution in [3.8, 4) is 0 Å². The number of nitrogens with one attached hydrogen (secondary N) is 3. The number of benzene rings is 1. The van der Waals surface area contributed by atoms with Gasteiger partial charge in [-0.25, -0.2) is 17.6 Å². The second kappa shape index (κ2) is 15.4. The maximum Gasteiger partial charge on any atom is 0.410 e. The molecule has 2 aromatic rings. The highest BCUT2D eigenvalue weighted by Gasteiger charge is 2.62.